The van der Waals surface area contributed by atoms with Crippen molar-refractivity contribution in [2.45, 2.75) is 18.8 Å². The van der Waals surface area contributed by atoms with E-state index in [9.17, 15) is 9.59 Å². The zero-order valence-electron chi connectivity index (χ0n) is 11.9. The van der Waals surface area contributed by atoms with E-state index >= 15 is 0 Å². The molecule has 0 fully saturated rings. The number of hydrogen-bond acceptors (Lipinski definition) is 6. The maximum atomic E-state index is 12.2. The van der Waals surface area contributed by atoms with Crippen LogP contribution in [-0.2, 0) is 15.3 Å². The van der Waals surface area contributed by atoms with Crippen LogP contribution in [0.3, 0.4) is 0 Å². The van der Waals surface area contributed by atoms with Crippen molar-refractivity contribution in [1.29, 1.82) is 0 Å². The maximum absolute atomic E-state index is 12.2. The third-order valence-corrected chi connectivity index (χ3v) is 4.99. The smallest absolute Gasteiger partial charge is 0.358 e. The summed E-state index contributed by atoms with van der Waals surface area (Å²) in [7, 11) is 0. The van der Waals surface area contributed by atoms with Crippen molar-refractivity contribution < 1.29 is 14.3 Å². The van der Waals surface area contributed by atoms with E-state index in [1.165, 1.54) is 23.8 Å². The maximum Gasteiger partial charge on any atom is 0.358 e. The average Bonchev–Trinajstić information content (AvgIpc) is 2.95. The molecule has 0 saturated carbocycles. The summed E-state index contributed by atoms with van der Waals surface area (Å²) in [5.41, 5.74) is 2.49. The van der Waals surface area contributed by atoms with Gasteiger partial charge in [0.1, 0.15) is 6.10 Å². The second kappa shape index (κ2) is 6.50. The lowest BCUT2D eigenvalue weighted by molar-refractivity contribution is -0.114. The number of anilines is 1. The fraction of sp³-hybridized carbons (Fsp3) is 0.267. The second-order valence-electron chi connectivity index (χ2n) is 4.83. The largest absolute Gasteiger partial charge is 0.452 e. The third kappa shape index (κ3) is 3.31. The van der Waals surface area contributed by atoms with E-state index in [1.54, 1.807) is 17.1 Å². The van der Waals surface area contributed by atoms with E-state index in [0.717, 1.165) is 17.1 Å². The molecule has 1 N–H and O–H groups in total. The normalized spacial score (nSPS) is 16.7. The molecule has 0 bridgehead atoms. The van der Waals surface area contributed by atoms with Crippen LogP contribution in [0.15, 0.2) is 29.6 Å². The molecule has 1 aliphatic rings. The highest BCUT2D eigenvalue weighted by Crippen LogP contribution is 2.34. The fourth-order valence-electron chi connectivity index (χ4n) is 2.21. The van der Waals surface area contributed by atoms with Gasteiger partial charge < -0.3 is 10.1 Å². The summed E-state index contributed by atoms with van der Waals surface area (Å²) in [6.07, 6.45) is -0.256. The molecule has 0 spiro atoms. The van der Waals surface area contributed by atoms with Gasteiger partial charge in [-0.05, 0) is 11.1 Å². The number of rotatable bonds is 3. The van der Waals surface area contributed by atoms with Crippen LogP contribution in [0.4, 0.5) is 5.13 Å². The van der Waals surface area contributed by atoms with Gasteiger partial charge in [0.25, 0.3) is 0 Å². The summed E-state index contributed by atoms with van der Waals surface area (Å²) >= 11 is 2.95. The zero-order chi connectivity index (χ0) is 15.5. The summed E-state index contributed by atoms with van der Waals surface area (Å²) in [6.45, 7) is 1.40. The number of aromatic nitrogens is 1. The molecular weight excluding hydrogens is 320 g/mol. The molecule has 2 heterocycles. The van der Waals surface area contributed by atoms with Gasteiger partial charge in [-0.1, -0.05) is 24.3 Å². The Labute approximate surface area is 136 Å². The van der Waals surface area contributed by atoms with Gasteiger partial charge in [0.15, 0.2) is 10.8 Å². The lowest BCUT2D eigenvalue weighted by atomic mass is 10.0. The number of fused-ring (bicyclic) bond motifs is 1. The minimum atomic E-state index is -0.463. The number of hydrogen-bond donors (Lipinski definition) is 1. The molecule has 0 saturated heterocycles. The zero-order valence-corrected chi connectivity index (χ0v) is 13.5. The molecule has 5 nitrogen and oxygen atoms in total. The predicted molar refractivity (Wildman–Crippen MR) is 87.2 cm³/mol. The first-order chi connectivity index (χ1) is 10.6. The van der Waals surface area contributed by atoms with Gasteiger partial charge in [-0.3, -0.25) is 4.79 Å². The van der Waals surface area contributed by atoms with Gasteiger partial charge in [-0.25, -0.2) is 9.78 Å². The lowest BCUT2D eigenvalue weighted by Crippen LogP contribution is -2.18. The molecule has 2 aromatic rings. The van der Waals surface area contributed by atoms with Crippen molar-refractivity contribution in [3.05, 3.63) is 46.5 Å². The quantitative estimate of drug-likeness (QED) is 0.873. The summed E-state index contributed by atoms with van der Waals surface area (Å²) in [6, 6.07) is 7.99. The lowest BCUT2D eigenvalue weighted by Gasteiger charge is -2.24. The molecule has 1 aromatic carbocycles. The van der Waals surface area contributed by atoms with E-state index < -0.39 is 5.97 Å². The van der Waals surface area contributed by atoms with Gasteiger partial charge >= 0.3 is 5.97 Å². The van der Waals surface area contributed by atoms with Crippen LogP contribution in [0.2, 0.25) is 0 Å². The SMILES string of the molecule is CC(=O)Nc1nc(C(=O)O[C@@H]2CSCc3ccccc32)cs1. The van der Waals surface area contributed by atoms with Crippen molar-refractivity contribution in [1.82, 2.24) is 4.98 Å². The molecule has 0 unspecified atom stereocenters. The van der Waals surface area contributed by atoms with Gasteiger partial charge in [0.2, 0.25) is 5.91 Å². The molecule has 0 aliphatic carbocycles. The standard InChI is InChI=1S/C15H14N2O3S2/c1-9(18)16-15-17-12(7-22-15)14(19)20-13-8-21-6-10-4-2-3-5-11(10)13/h2-5,7,13H,6,8H2,1H3,(H,16,17,18)/t13-/m1/s1. The first kappa shape index (κ1) is 15.1. The Balaban J connectivity index is 1.72. The van der Waals surface area contributed by atoms with Crippen molar-refractivity contribution >= 4 is 40.1 Å². The number of amides is 1. The van der Waals surface area contributed by atoms with Crippen molar-refractivity contribution in [2.75, 3.05) is 11.1 Å². The van der Waals surface area contributed by atoms with Gasteiger partial charge in [0.05, 0.1) is 0 Å². The van der Waals surface area contributed by atoms with Crippen molar-refractivity contribution in [3.8, 4) is 0 Å². The molecule has 22 heavy (non-hydrogen) atoms. The average molecular weight is 334 g/mol. The number of carbonyl (C=O) groups is 2. The number of ether oxygens (including phenoxy) is 1. The summed E-state index contributed by atoms with van der Waals surface area (Å²) < 4.78 is 5.59. The van der Waals surface area contributed by atoms with Crippen molar-refractivity contribution in [3.63, 3.8) is 0 Å². The number of nitrogens with zero attached hydrogens (tertiary/aromatic N) is 1. The van der Waals surface area contributed by atoms with E-state index in [0.29, 0.717) is 5.13 Å². The Kier molecular flexibility index (Phi) is 4.44. The van der Waals surface area contributed by atoms with Crippen LogP contribution >= 0.6 is 23.1 Å². The predicted octanol–water partition coefficient (Wildman–Crippen LogP) is 3.25. The first-order valence-electron chi connectivity index (χ1n) is 6.73. The summed E-state index contributed by atoms with van der Waals surface area (Å²) in [4.78, 5) is 27.3. The number of thioether (sulfide) groups is 1. The van der Waals surface area contributed by atoms with E-state index in [2.05, 4.69) is 16.4 Å². The molecule has 1 aromatic heterocycles. The monoisotopic (exact) mass is 334 g/mol. The van der Waals surface area contributed by atoms with Crippen LogP contribution in [0.1, 0.15) is 34.6 Å². The molecule has 7 heteroatoms. The molecule has 3 rings (SSSR count). The minimum Gasteiger partial charge on any atom is -0.452 e. The Morgan fingerprint density at radius 3 is 3.00 bits per heavy atom. The molecular formula is C15H14N2O3S2. The number of thiazole rings is 1. The van der Waals surface area contributed by atoms with E-state index in [1.807, 2.05) is 18.2 Å². The van der Waals surface area contributed by atoms with Crippen LogP contribution in [0.25, 0.3) is 0 Å². The topological polar surface area (TPSA) is 68.3 Å². The minimum absolute atomic E-state index is 0.216. The van der Waals surface area contributed by atoms with Crippen LogP contribution in [-0.4, -0.2) is 22.6 Å². The van der Waals surface area contributed by atoms with Crippen LogP contribution < -0.4 is 5.32 Å². The second-order valence-corrected chi connectivity index (χ2v) is 6.72. The van der Waals surface area contributed by atoms with Gasteiger partial charge in [0, 0.05) is 23.8 Å². The third-order valence-electron chi connectivity index (χ3n) is 3.17. The van der Waals surface area contributed by atoms with E-state index in [-0.39, 0.29) is 17.7 Å². The molecule has 1 amide bonds. The summed E-state index contributed by atoms with van der Waals surface area (Å²) in [5.74, 6) is 1.00. The Hall–Kier alpha value is -1.86. The number of nitrogens with one attached hydrogen (secondary N) is 1. The summed E-state index contributed by atoms with van der Waals surface area (Å²) in [5, 5.41) is 4.55. The molecule has 0 radical (unpaired) electrons. The highest BCUT2D eigenvalue weighted by molar-refractivity contribution is 7.98. The number of carbonyl (C=O) groups excluding carboxylic acids is 2. The highest BCUT2D eigenvalue weighted by atomic mass is 32.2. The molecule has 1 aliphatic heterocycles. The van der Waals surface area contributed by atoms with Gasteiger partial charge in [-0.15, -0.1) is 11.3 Å². The fourth-order valence-corrected chi connectivity index (χ4v) is 4.00. The van der Waals surface area contributed by atoms with E-state index in [4.69, 9.17) is 4.74 Å². The van der Waals surface area contributed by atoms with Crippen molar-refractivity contribution in [2.24, 2.45) is 0 Å². The van der Waals surface area contributed by atoms with Gasteiger partial charge in [-0.2, -0.15) is 11.8 Å². The Morgan fingerprint density at radius 2 is 2.18 bits per heavy atom. The Morgan fingerprint density at radius 1 is 1.36 bits per heavy atom. The number of benzene rings is 1. The Bertz CT molecular complexity index is 714. The number of esters is 1. The molecule has 1 atom stereocenters. The van der Waals surface area contributed by atoms with Crippen LogP contribution in [0, 0.1) is 0 Å². The highest BCUT2D eigenvalue weighted by Gasteiger charge is 2.25. The first-order valence-corrected chi connectivity index (χ1v) is 8.76. The molecule has 114 valence electrons. The van der Waals surface area contributed by atoms with Crippen LogP contribution in [0.5, 0.6) is 0 Å².